The molecule has 7 nitrogen and oxygen atoms in total. The number of fused-ring (bicyclic) bond motifs is 1. The van der Waals surface area contributed by atoms with Crippen LogP contribution in [0.15, 0.2) is 41.6 Å². The number of benzene rings is 1. The van der Waals surface area contributed by atoms with Crippen molar-refractivity contribution in [3.8, 4) is 5.69 Å². The van der Waals surface area contributed by atoms with Crippen LogP contribution in [0.1, 0.15) is 19.8 Å². The van der Waals surface area contributed by atoms with Crippen molar-refractivity contribution < 1.29 is 4.79 Å². The summed E-state index contributed by atoms with van der Waals surface area (Å²) in [5.41, 5.74) is 0.790. The summed E-state index contributed by atoms with van der Waals surface area (Å²) in [6, 6.07) is 7.23. The highest BCUT2D eigenvalue weighted by molar-refractivity contribution is 6.32. The van der Waals surface area contributed by atoms with Crippen molar-refractivity contribution in [3.05, 3.63) is 52.2 Å². The molecule has 1 aliphatic heterocycles. The van der Waals surface area contributed by atoms with Crippen molar-refractivity contribution in [2.24, 2.45) is 5.92 Å². The number of para-hydroxylation sites is 1. The highest BCUT2D eigenvalue weighted by atomic mass is 35.5. The second kappa shape index (κ2) is 7.15. The van der Waals surface area contributed by atoms with Gasteiger partial charge in [-0.2, -0.15) is 5.10 Å². The predicted molar refractivity (Wildman–Crippen MR) is 103 cm³/mol. The van der Waals surface area contributed by atoms with E-state index in [1.807, 2.05) is 23.1 Å². The fourth-order valence-corrected chi connectivity index (χ4v) is 3.58. The van der Waals surface area contributed by atoms with E-state index in [9.17, 15) is 9.59 Å². The van der Waals surface area contributed by atoms with E-state index in [0.29, 0.717) is 27.7 Å². The predicted octanol–water partition coefficient (Wildman–Crippen LogP) is 2.49. The number of amides is 1. The van der Waals surface area contributed by atoms with Crippen LogP contribution in [0.4, 0.5) is 0 Å². The smallest absolute Gasteiger partial charge is 0.264 e. The van der Waals surface area contributed by atoms with E-state index in [1.165, 1.54) is 21.8 Å². The summed E-state index contributed by atoms with van der Waals surface area (Å²) in [5.74, 6) is 0.592. The number of hydrogen-bond donors (Lipinski definition) is 0. The van der Waals surface area contributed by atoms with Gasteiger partial charge < -0.3 is 4.90 Å². The van der Waals surface area contributed by atoms with E-state index in [4.69, 9.17) is 11.6 Å². The maximum absolute atomic E-state index is 12.8. The van der Waals surface area contributed by atoms with Gasteiger partial charge >= 0.3 is 0 Å². The van der Waals surface area contributed by atoms with Crippen LogP contribution in [-0.4, -0.2) is 43.2 Å². The molecule has 8 heteroatoms. The van der Waals surface area contributed by atoms with Crippen molar-refractivity contribution in [2.45, 2.75) is 26.3 Å². The molecule has 140 valence electrons. The van der Waals surface area contributed by atoms with Crippen molar-refractivity contribution in [3.63, 3.8) is 0 Å². The molecular formula is C19H20ClN5O2. The topological polar surface area (TPSA) is 73.0 Å². The maximum atomic E-state index is 12.8. The Morgan fingerprint density at radius 3 is 2.74 bits per heavy atom. The number of carbonyl (C=O) groups is 1. The van der Waals surface area contributed by atoms with E-state index >= 15 is 0 Å². The Morgan fingerprint density at radius 2 is 2.00 bits per heavy atom. The third-order valence-electron chi connectivity index (χ3n) is 5.08. The Kier molecular flexibility index (Phi) is 4.70. The Morgan fingerprint density at radius 1 is 1.26 bits per heavy atom. The molecule has 0 N–H and O–H groups in total. The van der Waals surface area contributed by atoms with Crippen molar-refractivity contribution >= 4 is 28.5 Å². The fraction of sp³-hybridized carbons (Fsp3) is 0.368. The molecule has 0 aliphatic carbocycles. The van der Waals surface area contributed by atoms with E-state index < -0.39 is 0 Å². The number of carbonyl (C=O) groups excluding carboxylic acids is 1. The summed E-state index contributed by atoms with van der Waals surface area (Å²) >= 11 is 6.23. The minimum absolute atomic E-state index is 0.00652. The Balaban J connectivity index is 1.63. The molecule has 4 rings (SSSR count). The standard InChI is InChI=1S/C19H20ClN5O2/c1-13-6-8-23(9-7-13)17(26)11-24-12-21-18-14(19(24)27)10-22-25(18)16-5-3-2-4-15(16)20/h2-5,10,12-13H,6-9,11H2,1H3. The number of rotatable bonds is 3. The lowest BCUT2D eigenvalue weighted by atomic mass is 9.99. The van der Waals surface area contributed by atoms with Crippen LogP contribution in [-0.2, 0) is 11.3 Å². The maximum Gasteiger partial charge on any atom is 0.264 e. The number of piperidine rings is 1. The summed E-state index contributed by atoms with van der Waals surface area (Å²) < 4.78 is 2.89. The molecule has 0 radical (unpaired) electrons. The van der Waals surface area contributed by atoms with Gasteiger partial charge in [-0.1, -0.05) is 30.7 Å². The average Bonchev–Trinajstić information content (AvgIpc) is 3.09. The number of nitrogens with zero attached hydrogens (tertiary/aromatic N) is 5. The van der Waals surface area contributed by atoms with Crippen LogP contribution < -0.4 is 5.56 Å². The summed E-state index contributed by atoms with van der Waals surface area (Å²) in [4.78, 5) is 31.5. The number of aromatic nitrogens is 4. The third-order valence-corrected chi connectivity index (χ3v) is 5.40. The normalized spacial score (nSPS) is 15.4. The Hall–Kier alpha value is -2.67. The molecule has 0 unspecified atom stereocenters. The van der Waals surface area contributed by atoms with Gasteiger partial charge in [-0.15, -0.1) is 0 Å². The lowest BCUT2D eigenvalue weighted by molar-refractivity contribution is -0.133. The number of likely N-dealkylation sites (tertiary alicyclic amines) is 1. The zero-order valence-electron chi connectivity index (χ0n) is 15.0. The number of halogens is 1. The molecule has 0 saturated carbocycles. The third kappa shape index (κ3) is 3.35. The molecule has 2 aromatic heterocycles. The van der Waals surface area contributed by atoms with Gasteiger partial charge in [-0.05, 0) is 30.9 Å². The average molecular weight is 386 g/mol. The highest BCUT2D eigenvalue weighted by Gasteiger charge is 2.21. The summed E-state index contributed by atoms with van der Waals surface area (Å²) in [6.45, 7) is 3.68. The Bertz CT molecular complexity index is 1050. The van der Waals surface area contributed by atoms with Gasteiger partial charge in [0, 0.05) is 13.1 Å². The van der Waals surface area contributed by atoms with Gasteiger partial charge in [0.15, 0.2) is 5.65 Å². The molecular weight excluding hydrogens is 366 g/mol. The first-order valence-electron chi connectivity index (χ1n) is 9.00. The lowest BCUT2D eigenvalue weighted by Crippen LogP contribution is -2.41. The molecule has 27 heavy (non-hydrogen) atoms. The van der Waals surface area contributed by atoms with Crippen LogP contribution in [0.3, 0.4) is 0 Å². The van der Waals surface area contributed by atoms with Crippen molar-refractivity contribution in [2.75, 3.05) is 13.1 Å². The second-order valence-electron chi connectivity index (χ2n) is 6.99. The van der Waals surface area contributed by atoms with E-state index in [0.717, 1.165) is 25.9 Å². The molecule has 0 bridgehead atoms. The first-order valence-corrected chi connectivity index (χ1v) is 9.38. The zero-order chi connectivity index (χ0) is 19.0. The lowest BCUT2D eigenvalue weighted by Gasteiger charge is -2.30. The molecule has 1 fully saturated rings. The number of hydrogen-bond acceptors (Lipinski definition) is 4. The molecule has 1 aliphatic rings. The summed E-state index contributed by atoms with van der Waals surface area (Å²) in [7, 11) is 0. The quantitative estimate of drug-likeness (QED) is 0.694. The zero-order valence-corrected chi connectivity index (χ0v) is 15.8. The minimum Gasteiger partial charge on any atom is -0.341 e. The Labute approximate surface area is 161 Å². The van der Waals surface area contributed by atoms with Gasteiger partial charge in [0.05, 0.1) is 16.9 Å². The fourth-order valence-electron chi connectivity index (χ4n) is 3.36. The monoisotopic (exact) mass is 385 g/mol. The van der Waals surface area contributed by atoms with E-state index in [-0.39, 0.29) is 18.0 Å². The summed E-state index contributed by atoms with van der Waals surface area (Å²) in [6.07, 6.45) is 4.88. The molecule has 1 aromatic carbocycles. The second-order valence-corrected chi connectivity index (χ2v) is 7.39. The molecule has 1 amide bonds. The highest BCUT2D eigenvalue weighted by Crippen LogP contribution is 2.22. The van der Waals surface area contributed by atoms with Gasteiger partial charge in [-0.3, -0.25) is 14.2 Å². The first-order chi connectivity index (χ1) is 13.0. The van der Waals surface area contributed by atoms with Gasteiger partial charge in [0.25, 0.3) is 5.56 Å². The molecule has 0 spiro atoms. The first kappa shape index (κ1) is 17.7. The summed E-state index contributed by atoms with van der Waals surface area (Å²) in [5, 5.41) is 5.14. The van der Waals surface area contributed by atoms with Gasteiger partial charge in [0.2, 0.25) is 5.91 Å². The van der Waals surface area contributed by atoms with Gasteiger partial charge in [-0.25, -0.2) is 9.67 Å². The molecule has 0 atom stereocenters. The molecule has 1 saturated heterocycles. The van der Waals surface area contributed by atoms with Crippen LogP contribution >= 0.6 is 11.6 Å². The van der Waals surface area contributed by atoms with E-state index in [2.05, 4.69) is 17.0 Å². The van der Waals surface area contributed by atoms with Crippen LogP contribution in [0.25, 0.3) is 16.7 Å². The molecule has 3 aromatic rings. The van der Waals surface area contributed by atoms with Crippen LogP contribution in [0, 0.1) is 5.92 Å². The van der Waals surface area contributed by atoms with Gasteiger partial charge in [0.1, 0.15) is 18.3 Å². The van der Waals surface area contributed by atoms with Crippen LogP contribution in [0.5, 0.6) is 0 Å². The molecule has 3 heterocycles. The van der Waals surface area contributed by atoms with Crippen LogP contribution in [0.2, 0.25) is 5.02 Å². The minimum atomic E-state index is -0.281. The van der Waals surface area contributed by atoms with E-state index in [1.54, 1.807) is 6.07 Å². The van der Waals surface area contributed by atoms with Crippen molar-refractivity contribution in [1.82, 2.24) is 24.2 Å². The SMILES string of the molecule is CC1CCN(C(=O)Cn2cnc3c(cnn3-c3ccccc3Cl)c2=O)CC1. The van der Waals surface area contributed by atoms with Crippen molar-refractivity contribution in [1.29, 1.82) is 0 Å². The largest absolute Gasteiger partial charge is 0.341 e.